The van der Waals surface area contributed by atoms with Gasteiger partial charge in [0.1, 0.15) is 0 Å². The monoisotopic (exact) mass is 427 g/mol. The molecule has 1 aliphatic rings. The van der Waals surface area contributed by atoms with Crippen molar-refractivity contribution in [3.05, 3.63) is 107 Å². The van der Waals surface area contributed by atoms with Crippen molar-refractivity contribution in [3.63, 3.8) is 0 Å². The molecule has 2 amide bonds. The number of aryl methyl sites for hydroxylation is 1. The number of rotatable bonds is 8. The Labute approximate surface area is 187 Å². The maximum atomic E-state index is 13.4. The van der Waals surface area contributed by atoms with Gasteiger partial charge in [-0.1, -0.05) is 86.1 Å². The van der Waals surface area contributed by atoms with Crippen LogP contribution in [0.3, 0.4) is 0 Å². The molecule has 0 fully saturated rings. The van der Waals surface area contributed by atoms with E-state index in [1.54, 1.807) is 0 Å². The standard InChI is InChI=1S/C27H25NO2S/c1-2-3-10-20-15-17-23(18-16-20)28-26(29)24(22-13-8-5-9-14-22)25(27(28)30)31-19-21-11-6-4-7-12-21/h4-9,11-18H,2-3,10,19H2,1H3. The number of carbonyl (C=O) groups is 2. The Morgan fingerprint density at radius 2 is 1.39 bits per heavy atom. The summed E-state index contributed by atoms with van der Waals surface area (Å²) in [6, 6.07) is 27.3. The fourth-order valence-electron chi connectivity index (χ4n) is 3.66. The topological polar surface area (TPSA) is 37.4 Å². The maximum absolute atomic E-state index is 13.4. The van der Waals surface area contributed by atoms with Gasteiger partial charge in [-0.2, -0.15) is 0 Å². The molecule has 0 saturated carbocycles. The van der Waals surface area contributed by atoms with Crippen molar-refractivity contribution in [1.82, 2.24) is 0 Å². The normalized spacial score (nSPS) is 13.9. The summed E-state index contributed by atoms with van der Waals surface area (Å²) < 4.78 is 0. The Bertz CT molecular complexity index is 1090. The molecule has 0 aliphatic carbocycles. The fourth-order valence-corrected chi connectivity index (χ4v) is 4.73. The van der Waals surface area contributed by atoms with Crippen LogP contribution < -0.4 is 4.90 Å². The van der Waals surface area contributed by atoms with Gasteiger partial charge in [-0.15, -0.1) is 11.8 Å². The van der Waals surface area contributed by atoms with Gasteiger partial charge in [-0.3, -0.25) is 9.59 Å². The summed E-state index contributed by atoms with van der Waals surface area (Å²) in [5.74, 6) is 0.133. The second-order valence-electron chi connectivity index (χ2n) is 7.56. The van der Waals surface area contributed by atoms with Crippen molar-refractivity contribution in [2.24, 2.45) is 0 Å². The van der Waals surface area contributed by atoms with Gasteiger partial charge in [0.2, 0.25) is 0 Å². The lowest BCUT2D eigenvalue weighted by Gasteiger charge is -2.16. The van der Waals surface area contributed by atoms with E-state index in [0.29, 0.717) is 21.9 Å². The van der Waals surface area contributed by atoms with Gasteiger partial charge >= 0.3 is 0 Å². The van der Waals surface area contributed by atoms with E-state index in [4.69, 9.17) is 0 Å². The lowest BCUT2D eigenvalue weighted by molar-refractivity contribution is -0.119. The quantitative estimate of drug-likeness (QED) is 0.399. The number of hydrogen-bond donors (Lipinski definition) is 0. The minimum atomic E-state index is -0.256. The zero-order valence-electron chi connectivity index (χ0n) is 17.6. The first-order chi connectivity index (χ1) is 15.2. The SMILES string of the molecule is CCCCc1ccc(N2C(=O)C(SCc3ccccc3)=C(c3ccccc3)C2=O)cc1. The molecular weight excluding hydrogens is 402 g/mol. The van der Waals surface area contributed by atoms with Crippen LogP contribution in [-0.2, 0) is 21.8 Å². The highest BCUT2D eigenvalue weighted by Crippen LogP contribution is 2.39. The zero-order valence-corrected chi connectivity index (χ0v) is 18.4. The van der Waals surface area contributed by atoms with Crippen molar-refractivity contribution in [3.8, 4) is 0 Å². The number of anilines is 1. The summed E-state index contributed by atoms with van der Waals surface area (Å²) in [6.07, 6.45) is 3.27. The van der Waals surface area contributed by atoms with E-state index >= 15 is 0 Å². The predicted molar refractivity (Wildman–Crippen MR) is 129 cm³/mol. The largest absolute Gasteiger partial charge is 0.272 e. The van der Waals surface area contributed by atoms with Crippen LogP contribution in [0.4, 0.5) is 5.69 Å². The molecule has 3 aromatic rings. The van der Waals surface area contributed by atoms with Crippen molar-refractivity contribution in [1.29, 1.82) is 0 Å². The van der Waals surface area contributed by atoms with E-state index in [-0.39, 0.29) is 11.8 Å². The Kier molecular flexibility index (Phi) is 6.68. The number of carbonyl (C=O) groups excluding carboxylic acids is 2. The van der Waals surface area contributed by atoms with E-state index in [2.05, 4.69) is 6.92 Å². The van der Waals surface area contributed by atoms with E-state index in [9.17, 15) is 9.59 Å². The number of unbranched alkanes of at least 4 members (excludes halogenated alkanes) is 1. The Balaban J connectivity index is 1.65. The number of thioether (sulfide) groups is 1. The molecule has 4 heteroatoms. The summed E-state index contributed by atoms with van der Waals surface area (Å²) in [6.45, 7) is 2.17. The summed E-state index contributed by atoms with van der Waals surface area (Å²) in [7, 11) is 0. The molecule has 4 rings (SSSR count). The Morgan fingerprint density at radius 3 is 2.03 bits per heavy atom. The molecule has 0 radical (unpaired) electrons. The lowest BCUT2D eigenvalue weighted by atomic mass is 10.1. The van der Waals surface area contributed by atoms with E-state index in [0.717, 1.165) is 30.4 Å². The summed E-state index contributed by atoms with van der Waals surface area (Å²) in [5, 5.41) is 0. The smallest absolute Gasteiger partial charge is 0.268 e. The van der Waals surface area contributed by atoms with Gasteiger partial charge < -0.3 is 0 Å². The molecular formula is C27H25NO2S. The van der Waals surface area contributed by atoms with Crippen LogP contribution in [-0.4, -0.2) is 11.8 Å². The number of benzene rings is 3. The summed E-state index contributed by atoms with van der Waals surface area (Å²) in [5.41, 5.74) is 4.23. The van der Waals surface area contributed by atoms with Crippen molar-refractivity contribution in [2.45, 2.75) is 31.9 Å². The molecule has 0 bridgehead atoms. The van der Waals surface area contributed by atoms with Gasteiger partial charge in [0.15, 0.2) is 0 Å². The van der Waals surface area contributed by atoms with Crippen molar-refractivity contribution < 1.29 is 9.59 Å². The third-order valence-electron chi connectivity index (χ3n) is 5.34. The summed E-state index contributed by atoms with van der Waals surface area (Å²) in [4.78, 5) is 28.7. The second kappa shape index (κ2) is 9.80. The van der Waals surface area contributed by atoms with Crippen LogP contribution in [0.2, 0.25) is 0 Å². The molecule has 3 nitrogen and oxygen atoms in total. The van der Waals surface area contributed by atoms with Crippen LogP contribution >= 0.6 is 11.8 Å². The minimum absolute atomic E-state index is 0.244. The van der Waals surface area contributed by atoms with E-state index in [1.165, 1.54) is 22.2 Å². The summed E-state index contributed by atoms with van der Waals surface area (Å²) >= 11 is 1.43. The van der Waals surface area contributed by atoms with Crippen LogP contribution in [0, 0.1) is 0 Å². The molecule has 1 heterocycles. The van der Waals surface area contributed by atoms with Gasteiger partial charge in [0.05, 0.1) is 16.2 Å². The molecule has 156 valence electrons. The van der Waals surface area contributed by atoms with Gasteiger partial charge in [-0.05, 0) is 41.7 Å². The number of imide groups is 1. The van der Waals surface area contributed by atoms with Crippen LogP contribution in [0.5, 0.6) is 0 Å². The molecule has 3 aromatic carbocycles. The highest BCUT2D eigenvalue weighted by molar-refractivity contribution is 8.03. The van der Waals surface area contributed by atoms with Crippen LogP contribution in [0.25, 0.3) is 5.57 Å². The zero-order chi connectivity index (χ0) is 21.6. The Hall–Kier alpha value is -3.11. The maximum Gasteiger partial charge on any atom is 0.272 e. The van der Waals surface area contributed by atoms with Crippen LogP contribution in [0.1, 0.15) is 36.5 Å². The van der Waals surface area contributed by atoms with E-state index < -0.39 is 0 Å². The molecule has 0 spiro atoms. The molecule has 0 aromatic heterocycles. The fraction of sp³-hybridized carbons (Fsp3) is 0.185. The molecule has 0 saturated heterocycles. The van der Waals surface area contributed by atoms with Crippen molar-refractivity contribution >= 4 is 34.8 Å². The number of amides is 2. The first-order valence-corrected chi connectivity index (χ1v) is 11.6. The van der Waals surface area contributed by atoms with E-state index in [1.807, 2.05) is 84.9 Å². The first-order valence-electron chi connectivity index (χ1n) is 10.6. The van der Waals surface area contributed by atoms with Gasteiger partial charge in [-0.25, -0.2) is 4.90 Å². The molecule has 31 heavy (non-hydrogen) atoms. The lowest BCUT2D eigenvalue weighted by Crippen LogP contribution is -2.31. The van der Waals surface area contributed by atoms with Gasteiger partial charge in [0, 0.05) is 5.75 Å². The second-order valence-corrected chi connectivity index (χ2v) is 8.55. The molecule has 0 N–H and O–H groups in total. The molecule has 0 unspecified atom stereocenters. The third kappa shape index (κ3) is 4.64. The predicted octanol–water partition coefficient (Wildman–Crippen LogP) is 6.25. The minimum Gasteiger partial charge on any atom is -0.268 e. The average molecular weight is 428 g/mol. The molecule has 0 atom stereocenters. The Morgan fingerprint density at radius 1 is 0.742 bits per heavy atom. The highest BCUT2D eigenvalue weighted by Gasteiger charge is 2.40. The van der Waals surface area contributed by atoms with Crippen molar-refractivity contribution in [2.75, 3.05) is 4.90 Å². The third-order valence-corrected chi connectivity index (χ3v) is 6.49. The first kappa shape index (κ1) is 21.1. The van der Waals surface area contributed by atoms with Gasteiger partial charge in [0.25, 0.3) is 11.8 Å². The molecule has 1 aliphatic heterocycles. The number of nitrogens with zero attached hydrogens (tertiary/aromatic N) is 1. The van der Waals surface area contributed by atoms with Crippen LogP contribution in [0.15, 0.2) is 89.8 Å². The highest BCUT2D eigenvalue weighted by atomic mass is 32.2. The number of hydrogen-bond acceptors (Lipinski definition) is 3. The average Bonchev–Trinajstić information content (AvgIpc) is 3.07.